The number of esters is 1. The average molecular weight is 530 g/mol. The van der Waals surface area contributed by atoms with Crippen LogP contribution in [0.2, 0.25) is 0 Å². The zero-order valence-electron chi connectivity index (χ0n) is 22.6. The highest BCUT2D eigenvalue weighted by molar-refractivity contribution is 5.79. The Balaban J connectivity index is 1.38. The van der Waals surface area contributed by atoms with Gasteiger partial charge in [0.2, 0.25) is 0 Å². The van der Waals surface area contributed by atoms with Gasteiger partial charge >= 0.3 is 18.0 Å². The molecule has 3 aromatic rings. The molecule has 0 aromatic heterocycles. The summed E-state index contributed by atoms with van der Waals surface area (Å²) < 4.78 is 11.5. The van der Waals surface area contributed by atoms with Gasteiger partial charge in [-0.05, 0) is 54.5 Å². The van der Waals surface area contributed by atoms with Crippen LogP contribution in [0.15, 0.2) is 78.9 Å². The first-order valence-corrected chi connectivity index (χ1v) is 13.2. The first-order chi connectivity index (χ1) is 18.7. The Kier molecular flexibility index (Phi) is 8.69. The minimum Gasteiger partial charge on any atom is -0.481 e. The summed E-state index contributed by atoms with van der Waals surface area (Å²) in [6.45, 7) is 3.81. The van der Waals surface area contributed by atoms with Crippen molar-refractivity contribution >= 4 is 18.0 Å². The van der Waals surface area contributed by atoms with Crippen molar-refractivity contribution in [1.82, 2.24) is 4.90 Å². The van der Waals surface area contributed by atoms with Crippen LogP contribution in [0.25, 0.3) is 11.1 Å². The summed E-state index contributed by atoms with van der Waals surface area (Å²) in [4.78, 5) is 38.5. The second kappa shape index (κ2) is 12.2. The van der Waals surface area contributed by atoms with E-state index < -0.39 is 29.7 Å². The van der Waals surface area contributed by atoms with Crippen LogP contribution >= 0.6 is 0 Å². The number of carbonyl (C=O) groups is 3. The first-order valence-electron chi connectivity index (χ1n) is 13.2. The van der Waals surface area contributed by atoms with Crippen molar-refractivity contribution in [3.05, 3.63) is 95.6 Å². The van der Waals surface area contributed by atoms with Crippen LogP contribution in [0.1, 0.15) is 62.1 Å². The largest absolute Gasteiger partial charge is 0.481 e. The van der Waals surface area contributed by atoms with E-state index in [1.165, 1.54) is 4.90 Å². The molecule has 0 saturated heterocycles. The maximum Gasteiger partial charge on any atom is 0.409 e. The second-order valence-corrected chi connectivity index (χ2v) is 10.4. The molecule has 1 aliphatic carbocycles. The van der Waals surface area contributed by atoms with Crippen LogP contribution in [-0.2, 0) is 24.7 Å². The molecule has 204 valence electrons. The Hall–Kier alpha value is -4.13. The predicted octanol–water partition coefficient (Wildman–Crippen LogP) is 6.36. The molecule has 0 radical (unpaired) electrons. The Bertz CT molecular complexity index is 1270. The van der Waals surface area contributed by atoms with Crippen LogP contribution in [-0.4, -0.2) is 47.7 Å². The lowest BCUT2D eigenvalue weighted by Crippen LogP contribution is -2.39. The van der Waals surface area contributed by atoms with E-state index in [2.05, 4.69) is 24.3 Å². The summed E-state index contributed by atoms with van der Waals surface area (Å²) in [5.74, 6) is -1.46. The molecule has 1 atom stereocenters. The SMILES string of the molecule is CN(C(=O)OCC1c2ccccc2-c2ccccc21)[C@@H](CCC(=O)O)CCC(=O)OC(C)(C)c1ccccc1. The van der Waals surface area contributed by atoms with E-state index in [0.717, 1.165) is 27.8 Å². The van der Waals surface area contributed by atoms with Crippen molar-refractivity contribution in [3.8, 4) is 11.1 Å². The lowest BCUT2D eigenvalue weighted by molar-refractivity contribution is -0.157. The number of benzene rings is 3. The van der Waals surface area contributed by atoms with Crippen LogP contribution in [0.3, 0.4) is 0 Å². The quantitative estimate of drug-likeness (QED) is 0.291. The third-order valence-corrected chi connectivity index (χ3v) is 7.38. The highest BCUT2D eigenvalue weighted by Gasteiger charge is 2.31. The van der Waals surface area contributed by atoms with Crippen molar-refractivity contribution in [3.63, 3.8) is 0 Å². The first kappa shape index (κ1) is 27.9. The van der Waals surface area contributed by atoms with E-state index >= 15 is 0 Å². The van der Waals surface area contributed by atoms with E-state index in [0.29, 0.717) is 0 Å². The van der Waals surface area contributed by atoms with Gasteiger partial charge < -0.3 is 19.5 Å². The third-order valence-electron chi connectivity index (χ3n) is 7.38. The Morgan fingerprint density at radius 3 is 1.97 bits per heavy atom. The van der Waals surface area contributed by atoms with Crippen molar-refractivity contribution in [2.24, 2.45) is 0 Å². The zero-order valence-corrected chi connectivity index (χ0v) is 22.6. The van der Waals surface area contributed by atoms with Crippen molar-refractivity contribution < 1.29 is 29.0 Å². The Morgan fingerprint density at radius 2 is 1.38 bits per heavy atom. The maximum absolute atomic E-state index is 13.1. The number of fused-ring (bicyclic) bond motifs is 3. The summed E-state index contributed by atoms with van der Waals surface area (Å²) in [6.07, 6.45) is -0.175. The highest BCUT2D eigenvalue weighted by atomic mass is 16.6. The lowest BCUT2D eigenvalue weighted by Gasteiger charge is -2.29. The van der Waals surface area contributed by atoms with Crippen LogP contribution in [0, 0.1) is 0 Å². The molecule has 0 spiro atoms. The van der Waals surface area contributed by atoms with E-state index in [9.17, 15) is 19.5 Å². The van der Waals surface area contributed by atoms with Crippen molar-refractivity contribution in [1.29, 1.82) is 0 Å². The summed E-state index contributed by atoms with van der Waals surface area (Å²) in [5, 5.41) is 9.25. The minimum atomic E-state index is -0.964. The smallest absolute Gasteiger partial charge is 0.409 e. The van der Waals surface area contributed by atoms with Gasteiger partial charge in [-0.15, -0.1) is 0 Å². The molecule has 7 heteroatoms. The lowest BCUT2D eigenvalue weighted by atomic mass is 9.98. The molecule has 7 nitrogen and oxygen atoms in total. The minimum absolute atomic E-state index is 0.0432. The third kappa shape index (κ3) is 6.66. The molecular weight excluding hydrogens is 494 g/mol. The molecule has 0 saturated carbocycles. The van der Waals surface area contributed by atoms with Gasteiger partial charge in [0.05, 0.1) is 0 Å². The number of carboxylic acid groups (broad SMARTS) is 1. The molecular formula is C32H35NO6. The second-order valence-electron chi connectivity index (χ2n) is 10.4. The topological polar surface area (TPSA) is 93.1 Å². The normalized spacial score (nSPS) is 13.2. The fraction of sp³-hybridized carbons (Fsp3) is 0.344. The highest BCUT2D eigenvalue weighted by Crippen LogP contribution is 2.44. The molecule has 3 aromatic carbocycles. The summed E-state index contributed by atoms with van der Waals surface area (Å²) in [7, 11) is 1.59. The number of carboxylic acids is 1. The van der Waals surface area contributed by atoms with Gasteiger partial charge in [0.25, 0.3) is 0 Å². The molecule has 4 rings (SSSR count). The number of amides is 1. The Labute approximate surface area is 229 Å². The molecule has 0 bridgehead atoms. The average Bonchev–Trinajstić information content (AvgIpc) is 3.25. The standard InChI is InChI=1S/C32H35NO6/c1-32(2,22-11-5-4-6-12-22)39-30(36)20-18-23(17-19-29(34)35)33(3)31(37)38-21-28-26-15-9-7-13-24(26)25-14-8-10-16-27(25)28/h4-16,23,28H,17-21H2,1-3H3,(H,34,35)/t23-/m0/s1. The van der Waals surface area contributed by atoms with Gasteiger partial charge in [-0.3, -0.25) is 9.59 Å². The molecule has 0 aliphatic heterocycles. The number of aliphatic carboxylic acids is 1. The van der Waals surface area contributed by atoms with Crippen molar-refractivity contribution in [2.45, 2.75) is 57.1 Å². The van der Waals surface area contributed by atoms with E-state index in [4.69, 9.17) is 9.47 Å². The number of nitrogens with zero attached hydrogens (tertiary/aromatic N) is 1. The van der Waals surface area contributed by atoms with Crippen LogP contribution in [0.4, 0.5) is 4.79 Å². The predicted molar refractivity (Wildman–Crippen MR) is 148 cm³/mol. The molecule has 1 amide bonds. The molecule has 0 heterocycles. The van der Waals surface area contributed by atoms with E-state index in [1.54, 1.807) is 7.05 Å². The molecule has 0 unspecified atom stereocenters. The number of ether oxygens (including phenoxy) is 2. The number of rotatable bonds is 11. The molecule has 39 heavy (non-hydrogen) atoms. The van der Waals surface area contributed by atoms with Crippen molar-refractivity contribution in [2.75, 3.05) is 13.7 Å². The van der Waals surface area contributed by atoms with Gasteiger partial charge in [0, 0.05) is 31.8 Å². The van der Waals surface area contributed by atoms with Gasteiger partial charge in [-0.1, -0.05) is 78.9 Å². The number of hydrogen-bond donors (Lipinski definition) is 1. The summed E-state index contributed by atoms with van der Waals surface area (Å²) >= 11 is 0. The van der Waals surface area contributed by atoms with E-state index in [-0.39, 0.29) is 38.2 Å². The van der Waals surface area contributed by atoms with Gasteiger partial charge in [0.1, 0.15) is 12.2 Å². The number of carbonyl (C=O) groups excluding carboxylic acids is 2. The molecule has 1 aliphatic rings. The summed E-state index contributed by atoms with van der Waals surface area (Å²) in [6, 6.07) is 25.2. The summed E-state index contributed by atoms with van der Waals surface area (Å²) in [5.41, 5.74) is 4.56. The van der Waals surface area contributed by atoms with Crippen LogP contribution < -0.4 is 0 Å². The van der Waals surface area contributed by atoms with Gasteiger partial charge in [-0.2, -0.15) is 0 Å². The van der Waals surface area contributed by atoms with Crippen LogP contribution in [0.5, 0.6) is 0 Å². The molecule has 1 N–H and O–H groups in total. The van der Waals surface area contributed by atoms with Gasteiger partial charge in [0.15, 0.2) is 0 Å². The maximum atomic E-state index is 13.1. The monoisotopic (exact) mass is 529 g/mol. The fourth-order valence-corrected chi connectivity index (χ4v) is 5.19. The van der Waals surface area contributed by atoms with E-state index in [1.807, 2.05) is 68.4 Å². The zero-order chi connectivity index (χ0) is 28.0. The molecule has 0 fully saturated rings. The fourth-order valence-electron chi connectivity index (χ4n) is 5.19. The van der Waals surface area contributed by atoms with Gasteiger partial charge in [-0.25, -0.2) is 4.79 Å². The Morgan fingerprint density at radius 1 is 0.846 bits per heavy atom. The number of hydrogen-bond acceptors (Lipinski definition) is 5.